The average Bonchev–Trinajstić information content (AvgIpc) is 3.29. The van der Waals surface area contributed by atoms with Crippen LogP contribution in [0.3, 0.4) is 0 Å². The molecule has 1 atom stereocenters. The average molecular weight is 379 g/mol. The van der Waals surface area contributed by atoms with Gasteiger partial charge in [0.25, 0.3) is 17.7 Å². The third kappa shape index (κ3) is 3.02. The van der Waals surface area contributed by atoms with Crippen molar-refractivity contribution < 1.29 is 24.3 Å². The van der Waals surface area contributed by atoms with Crippen LogP contribution in [0, 0.1) is 5.92 Å². The Labute approximate surface area is 160 Å². The van der Waals surface area contributed by atoms with E-state index in [9.17, 15) is 19.2 Å². The second-order valence-corrected chi connectivity index (χ2v) is 6.89. The largest absolute Gasteiger partial charge is 0.481 e. The number of hydrogen-bond acceptors (Lipinski definition) is 5. The first-order chi connectivity index (χ1) is 13.5. The molecule has 0 aliphatic carbocycles. The van der Waals surface area contributed by atoms with E-state index in [0.717, 1.165) is 10.5 Å². The number of carboxylic acids is 1. The lowest BCUT2D eigenvalue weighted by Crippen LogP contribution is -2.30. The lowest BCUT2D eigenvalue weighted by Gasteiger charge is -2.16. The summed E-state index contributed by atoms with van der Waals surface area (Å²) in [6.07, 6.45) is 3.58. The van der Waals surface area contributed by atoms with Gasteiger partial charge in [-0.05, 0) is 42.3 Å². The monoisotopic (exact) mass is 379 g/mol. The summed E-state index contributed by atoms with van der Waals surface area (Å²) in [4.78, 5) is 55.6. The van der Waals surface area contributed by atoms with Crippen molar-refractivity contribution in [2.24, 2.45) is 5.92 Å². The van der Waals surface area contributed by atoms with Crippen molar-refractivity contribution in [3.63, 3.8) is 0 Å². The van der Waals surface area contributed by atoms with Crippen LogP contribution in [0.4, 0.5) is 0 Å². The third-order valence-corrected chi connectivity index (χ3v) is 5.13. The smallest absolute Gasteiger partial charge is 0.308 e. The lowest BCUT2D eigenvalue weighted by atomic mass is 10.0. The molecule has 1 unspecified atom stereocenters. The molecule has 3 heterocycles. The van der Waals surface area contributed by atoms with Crippen molar-refractivity contribution in [1.29, 1.82) is 0 Å². The minimum Gasteiger partial charge on any atom is -0.481 e. The van der Waals surface area contributed by atoms with Crippen LogP contribution in [-0.2, 0) is 11.3 Å². The maximum atomic E-state index is 12.7. The highest BCUT2D eigenvalue weighted by atomic mass is 16.4. The molecule has 0 saturated carbocycles. The van der Waals surface area contributed by atoms with E-state index in [2.05, 4.69) is 4.98 Å². The van der Waals surface area contributed by atoms with Crippen LogP contribution in [0.25, 0.3) is 0 Å². The van der Waals surface area contributed by atoms with Crippen LogP contribution in [0.2, 0.25) is 0 Å². The Hall–Kier alpha value is -3.55. The van der Waals surface area contributed by atoms with Gasteiger partial charge in [0.15, 0.2) is 0 Å². The molecular formula is C20H17N3O5. The Morgan fingerprint density at radius 3 is 2.46 bits per heavy atom. The molecule has 1 aromatic carbocycles. The van der Waals surface area contributed by atoms with Gasteiger partial charge in [-0.2, -0.15) is 0 Å². The summed E-state index contributed by atoms with van der Waals surface area (Å²) in [5.41, 5.74) is 1.51. The normalized spacial score (nSPS) is 18.5. The molecular weight excluding hydrogens is 362 g/mol. The van der Waals surface area contributed by atoms with Gasteiger partial charge in [-0.3, -0.25) is 29.1 Å². The van der Waals surface area contributed by atoms with E-state index in [0.29, 0.717) is 13.0 Å². The molecule has 4 rings (SSSR count). The molecule has 0 bridgehead atoms. The summed E-state index contributed by atoms with van der Waals surface area (Å²) in [5.74, 6) is -2.67. The number of fused-ring (bicyclic) bond motifs is 1. The van der Waals surface area contributed by atoms with Crippen LogP contribution < -0.4 is 0 Å². The molecule has 2 aromatic rings. The Kier molecular flexibility index (Phi) is 4.38. The third-order valence-electron chi connectivity index (χ3n) is 5.13. The van der Waals surface area contributed by atoms with Gasteiger partial charge in [-0.25, -0.2) is 0 Å². The molecule has 3 amide bonds. The zero-order valence-corrected chi connectivity index (χ0v) is 14.9. The van der Waals surface area contributed by atoms with Crippen LogP contribution >= 0.6 is 0 Å². The van der Waals surface area contributed by atoms with E-state index in [1.54, 1.807) is 24.5 Å². The Morgan fingerprint density at radius 2 is 1.79 bits per heavy atom. The summed E-state index contributed by atoms with van der Waals surface area (Å²) in [5, 5.41) is 9.09. The highest BCUT2D eigenvalue weighted by molar-refractivity contribution is 6.22. The van der Waals surface area contributed by atoms with E-state index in [-0.39, 0.29) is 35.7 Å². The maximum Gasteiger partial charge on any atom is 0.308 e. The van der Waals surface area contributed by atoms with Crippen LogP contribution in [0.1, 0.15) is 43.1 Å². The standard InChI is InChI=1S/C20H17N3O5/c24-17(22-8-5-14(11-22)20(27)28)13-1-2-15-16(9-13)19(26)23(18(15)25)10-12-3-6-21-7-4-12/h1-4,6-7,9,14H,5,8,10-11H2,(H,27,28). The fourth-order valence-corrected chi connectivity index (χ4v) is 3.57. The Morgan fingerprint density at radius 1 is 1.07 bits per heavy atom. The SMILES string of the molecule is O=C(O)C1CCN(C(=O)c2ccc3c(c2)C(=O)N(Cc2ccncc2)C3=O)C1. The number of carbonyl (C=O) groups excluding carboxylic acids is 3. The van der Waals surface area contributed by atoms with Crippen molar-refractivity contribution in [1.82, 2.24) is 14.8 Å². The van der Waals surface area contributed by atoms with Crippen molar-refractivity contribution >= 4 is 23.7 Å². The number of likely N-dealkylation sites (tertiary alicyclic amines) is 1. The molecule has 142 valence electrons. The Balaban J connectivity index is 1.55. The summed E-state index contributed by atoms with van der Waals surface area (Å²) in [6.45, 7) is 0.630. The molecule has 1 fully saturated rings. The second kappa shape index (κ2) is 6.88. The summed E-state index contributed by atoms with van der Waals surface area (Å²) < 4.78 is 0. The molecule has 1 aromatic heterocycles. The summed E-state index contributed by atoms with van der Waals surface area (Å²) >= 11 is 0. The Bertz CT molecular complexity index is 989. The first kappa shape index (κ1) is 17.8. The molecule has 1 saturated heterocycles. The minimum atomic E-state index is -0.920. The number of nitrogens with zero attached hydrogens (tertiary/aromatic N) is 3. The minimum absolute atomic E-state index is 0.130. The van der Waals surface area contributed by atoms with E-state index >= 15 is 0 Å². The van der Waals surface area contributed by atoms with Gasteiger partial charge in [0.1, 0.15) is 0 Å². The predicted octanol–water partition coefficient (Wildman–Crippen LogP) is 1.42. The quantitative estimate of drug-likeness (QED) is 0.805. The number of aliphatic carboxylic acids is 1. The van der Waals surface area contributed by atoms with Gasteiger partial charge < -0.3 is 10.0 Å². The molecule has 1 N–H and O–H groups in total. The highest BCUT2D eigenvalue weighted by Crippen LogP contribution is 2.27. The van der Waals surface area contributed by atoms with Gasteiger partial charge in [0.05, 0.1) is 23.6 Å². The molecule has 2 aliphatic heterocycles. The van der Waals surface area contributed by atoms with E-state index in [1.807, 2.05) is 0 Å². The molecule has 28 heavy (non-hydrogen) atoms. The highest BCUT2D eigenvalue weighted by Gasteiger charge is 2.37. The number of amides is 3. The van der Waals surface area contributed by atoms with Crippen LogP contribution in [-0.4, -0.2) is 56.7 Å². The van der Waals surface area contributed by atoms with E-state index in [1.165, 1.54) is 23.1 Å². The van der Waals surface area contributed by atoms with Crippen molar-refractivity contribution in [2.75, 3.05) is 13.1 Å². The number of imide groups is 1. The predicted molar refractivity (Wildman–Crippen MR) is 96.5 cm³/mol. The van der Waals surface area contributed by atoms with Gasteiger partial charge in [0.2, 0.25) is 0 Å². The maximum absolute atomic E-state index is 12.7. The number of pyridine rings is 1. The zero-order chi connectivity index (χ0) is 19.8. The van der Waals surface area contributed by atoms with Crippen LogP contribution in [0.5, 0.6) is 0 Å². The van der Waals surface area contributed by atoms with Crippen molar-refractivity contribution in [2.45, 2.75) is 13.0 Å². The van der Waals surface area contributed by atoms with E-state index in [4.69, 9.17) is 5.11 Å². The number of benzene rings is 1. The summed E-state index contributed by atoms with van der Waals surface area (Å²) in [6, 6.07) is 7.88. The number of hydrogen-bond donors (Lipinski definition) is 1. The lowest BCUT2D eigenvalue weighted by molar-refractivity contribution is -0.141. The fraction of sp³-hybridized carbons (Fsp3) is 0.250. The number of carboxylic acid groups (broad SMARTS) is 1. The molecule has 0 radical (unpaired) electrons. The van der Waals surface area contributed by atoms with E-state index < -0.39 is 23.7 Å². The fourth-order valence-electron chi connectivity index (χ4n) is 3.57. The zero-order valence-electron chi connectivity index (χ0n) is 14.9. The molecule has 8 nitrogen and oxygen atoms in total. The van der Waals surface area contributed by atoms with Gasteiger partial charge in [0, 0.05) is 31.0 Å². The number of rotatable bonds is 4. The topological polar surface area (TPSA) is 108 Å². The van der Waals surface area contributed by atoms with Gasteiger partial charge >= 0.3 is 5.97 Å². The number of carbonyl (C=O) groups is 4. The van der Waals surface area contributed by atoms with Gasteiger partial charge in [-0.15, -0.1) is 0 Å². The molecule has 0 spiro atoms. The second-order valence-electron chi connectivity index (χ2n) is 6.89. The molecule has 2 aliphatic rings. The first-order valence-electron chi connectivity index (χ1n) is 8.87. The van der Waals surface area contributed by atoms with Crippen LogP contribution in [0.15, 0.2) is 42.7 Å². The van der Waals surface area contributed by atoms with Crippen molar-refractivity contribution in [3.05, 3.63) is 65.0 Å². The van der Waals surface area contributed by atoms with Crippen molar-refractivity contribution in [3.8, 4) is 0 Å². The number of aromatic nitrogens is 1. The first-order valence-corrected chi connectivity index (χ1v) is 8.87. The molecule has 8 heteroatoms. The van der Waals surface area contributed by atoms with Gasteiger partial charge in [-0.1, -0.05) is 0 Å². The summed E-state index contributed by atoms with van der Waals surface area (Å²) in [7, 11) is 0.